The van der Waals surface area contributed by atoms with Crippen LogP contribution >= 0.6 is 0 Å². The number of hydrogen-bond acceptors (Lipinski definition) is 1. The van der Waals surface area contributed by atoms with Crippen molar-refractivity contribution in [3.8, 4) is 0 Å². The highest BCUT2D eigenvalue weighted by Gasteiger charge is 2.13. The zero-order valence-electron chi connectivity index (χ0n) is 11.4. The van der Waals surface area contributed by atoms with E-state index in [-0.39, 0.29) is 5.82 Å². The third-order valence-corrected chi connectivity index (χ3v) is 3.37. The van der Waals surface area contributed by atoms with Crippen LogP contribution in [-0.4, -0.2) is 5.11 Å². The standard InChI is InChI=1S/C17H19FO/c1-3-4-13-6-8-14(9-7-13)17(19)16-11-15(18)10-5-12(16)2/h5-11,17,19H,3-4H2,1-2H3. The van der Waals surface area contributed by atoms with Gasteiger partial charge in [0.1, 0.15) is 11.9 Å². The molecular formula is C17H19FO. The van der Waals surface area contributed by atoms with E-state index in [2.05, 4.69) is 6.92 Å². The first-order valence-electron chi connectivity index (χ1n) is 6.64. The van der Waals surface area contributed by atoms with Gasteiger partial charge in [0, 0.05) is 0 Å². The molecule has 0 saturated carbocycles. The summed E-state index contributed by atoms with van der Waals surface area (Å²) in [6.45, 7) is 4.02. The van der Waals surface area contributed by atoms with Crippen LogP contribution in [0.15, 0.2) is 42.5 Å². The first-order valence-corrected chi connectivity index (χ1v) is 6.64. The molecule has 100 valence electrons. The molecule has 0 bridgehead atoms. The van der Waals surface area contributed by atoms with E-state index in [1.54, 1.807) is 6.07 Å². The summed E-state index contributed by atoms with van der Waals surface area (Å²) in [5.74, 6) is -0.317. The van der Waals surface area contributed by atoms with Crippen LogP contribution in [0.4, 0.5) is 4.39 Å². The molecule has 2 rings (SSSR count). The molecular weight excluding hydrogens is 239 g/mol. The largest absolute Gasteiger partial charge is 0.384 e. The Hall–Kier alpha value is -1.67. The van der Waals surface area contributed by atoms with Crippen LogP contribution in [0.5, 0.6) is 0 Å². The van der Waals surface area contributed by atoms with Crippen LogP contribution in [0, 0.1) is 12.7 Å². The summed E-state index contributed by atoms with van der Waals surface area (Å²) in [7, 11) is 0. The van der Waals surface area contributed by atoms with Crippen LogP contribution in [0.25, 0.3) is 0 Å². The topological polar surface area (TPSA) is 20.2 Å². The predicted molar refractivity (Wildman–Crippen MR) is 75.6 cm³/mol. The molecule has 0 heterocycles. The molecule has 0 saturated heterocycles. The first kappa shape index (κ1) is 13.8. The Labute approximate surface area is 113 Å². The second kappa shape index (κ2) is 5.98. The molecule has 0 aliphatic carbocycles. The summed E-state index contributed by atoms with van der Waals surface area (Å²) in [4.78, 5) is 0. The monoisotopic (exact) mass is 258 g/mol. The number of aliphatic hydroxyl groups is 1. The Bertz CT molecular complexity index is 546. The summed E-state index contributed by atoms with van der Waals surface area (Å²) >= 11 is 0. The first-order chi connectivity index (χ1) is 9.11. The molecule has 2 aromatic carbocycles. The van der Waals surface area contributed by atoms with Gasteiger partial charge in [-0.15, -0.1) is 0 Å². The van der Waals surface area contributed by atoms with Gasteiger partial charge in [0.15, 0.2) is 0 Å². The minimum atomic E-state index is -0.772. The molecule has 0 amide bonds. The van der Waals surface area contributed by atoms with Gasteiger partial charge in [0.05, 0.1) is 0 Å². The normalized spacial score (nSPS) is 12.4. The van der Waals surface area contributed by atoms with E-state index >= 15 is 0 Å². The maximum Gasteiger partial charge on any atom is 0.123 e. The Morgan fingerprint density at radius 2 is 1.79 bits per heavy atom. The fourth-order valence-corrected chi connectivity index (χ4v) is 2.24. The number of aliphatic hydroxyl groups excluding tert-OH is 1. The van der Waals surface area contributed by atoms with Crippen molar-refractivity contribution in [1.29, 1.82) is 0 Å². The van der Waals surface area contributed by atoms with Crippen molar-refractivity contribution in [3.05, 3.63) is 70.5 Å². The Morgan fingerprint density at radius 1 is 1.11 bits per heavy atom. The second-order valence-corrected chi connectivity index (χ2v) is 4.90. The fraction of sp³-hybridized carbons (Fsp3) is 0.294. The fourth-order valence-electron chi connectivity index (χ4n) is 2.24. The lowest BCUT2D eigenvalue weighted by molar-refractivity contribution is 0.219. The lowest BCUT2D eigenvalue weighted by atomic mass is 9.96. The van der Waals surface area contributed by atoms with E-state index in [0.29, 0.717) is 5.56 Å². The van der Waals surface area contributed by atoms with Gasteiger partial charge in [0.25, 0.3) is 0 Å². The molecule has 2 aromatic rings. The number of benzene rings is 2. The lowest BCUT2D eigenvalue weighted by Gasteiger charge is -2.14. The number of halogens is 1. The molecule has 1 unspecified atom stereocenters. The van der Waals surface area contributed by atoms with E-state index < -0.39 is 6.10 Å². The van der Waals surface area contributed by atoms with Crippen molar-refractivity contribution in [2.45, 2.75) is 32.8 Å². The number of aryl methyl sites for hydroxylation is 2. The molecule has 0 radical (unpaired) electrons. The predicted octanol–water partition coefficient (Wildman–Crippen LogP) is 4.17. The Morgan fingerprint density at radius 3 is 2.42 bits per heavy atom. The summed E-state index contributed by atoms with van der Waals surface area (Å²) in [5.41, 5.74) is 3.58. The highest BCUT2D eigenvalue weighted by atomic mass is 19.1. The lowest BCUT2D eigenvalue weighted by Crippen LogP contribution is -2.03. The quantitative estimate of drug-likeness (QED) is 0.872. The molecule has 1 N–H and O–H groups in total. The molecule has 0 fully saturated rings. The van der Waals surface area contributed by atoms with Crippen molar-refractivity contribution in [2.24, 2.45) is 0 Å². The molecule has 1 nitrogen and oxygen atoms in total. The van der Waals surface area contributed by atoms with Gasteiger partial charge in [-0.3, -0.25) is 0 Å². The smallest absolute Gasteiger partial charge is 0.123 e. The highest BCUT2D eigenvalue weighted by Crippen LogP contribution is 2.25. The van der Waals surface area contributed by atoms with Gasteiger partial charge in [0.2, 0.25) is 0 Å². The zero-order valence-corrected chi connectivity index (χ0v) is 11.4. The van der Waals surface area contributed by atoms with E-state index in [1.807, 2.05) is 31.2 Å². The molecule has 0 aliphatic heterocycles. The zero-order chi connectivity index (χ0) is 13.8. The van der Waals surface area contributed by atoms with Crippen molar-refractivity contribution in [1.82, 2.24) is 0 Å². The Balaban J connectivity index is 2.27. The van der Waals surface area contributed by atoms with E-state index in [4.69, 9.17) is 0 Å². The second-order valence-electron chi connectivity index (χ2n) is 4.90. The molecule has 2 heteroatoms. The number of rotatable bonds is 4. The minimum Gasteiger partial charge on any atom is -0.384 e. The minimum absolute atomic E-state index is 0.317. The van der Waals surface area contributed by atoms with Crippen LogP contribution in [-0.2, 0) is 6.42 Å². The number of hydrogen-bond donors (Lipinski definition) is 1. The van der Waals surface area contributed by atoms with Gasteiger partial charge < -0.3 is 5.11 Å². The van der Waals surface area contributed by atoms with E-state index in [0.717, 1.165) is 24.0 Å². The third-order valence-electron chi connectivity index (χ3n) is 3.37. The highest BCUT2D eigenvalue weighted by molar-refractivity contribution is 5.36. The summed E-state index contributed by atoms with van der Waals surface area (Å²) < 4.78 is 13.3. The molecule has 0 aromatic heterocycles. The molecule has 0 aliphatic rings. The maximum atomic E-state index is 13.3. The average Bonchev–Trinajstić information content (AvgIpc) is 2.42. The molecule has 1 atom stereocenters. The van der Waals surface area contributed by atoms with Crippen LogP contribution in [0.3, 0.4) is 0 Å². The van der Waals surface area contributed by atoms with Gasteiger partial charge in [-0.05, 0) is 47.7 Å². The van der Waals surface area contributed by atoms with Crippen LogP contribution in [0.1, 0.15) is 41.7 Å². The van der Waals surface area contributed by atoms with Crippen molar-refractivity contribution in [2.75, 3.05) is 0 Å². The van der Waals surface area contributed by atoms with Crippen LogP contribution in [0.2, 0.25) is 0 Å². The summed E-state index contributed by atoms with van der Waals surface area (Å²) in [6.07, 6.45) is 1.37. The van der Waals surface area contributed by atoms with Gasteiger partial charge in [-0.1, -0.05) is 43.7 Å². The average molecular weight is 258 g/mol. The molecule has 19 heavy (non-hydrogen) atoms. The maximum absolute atomic E-state index is 13.3. The van der Waals surface area contributed by atoms with Gasteiger partial charge in [-0.25, -0.2) is 4.39 Å². The van der Waals surface area contributed by atoms with Gasteiger partial charge >= 0.3 is 0 Å². The van der Waals surface area contributed by atoms with E-state index in [9.17, 15) is 9.50 Å². The SMILES string of the molecule is CCCc1ccc(C(O)c2cc(F)ccc2C)cc1. The molecule has 0 spiro atoms. The summed E-state index contributed by atoms with van der Waals surface area (Å²) in [6, 6.07) is 12.4. The van der Waals surface area contributed by atoms with Gasteiger partial charge in [-0.2, -0.15) is 0 Å². The Kier molecular flexibility index (Phi) is 4.33. The van der Waals surface area contributed by atoms with Crippen LogP contribution < -0.4 is 0 Å². The third kappa shape index (κ3) is 3.21. The van der Waals surface area contributed by atoms with Crippen molar-refractivity contribution < 1.29 is 9.50 Å². The van der Waals surface area contributed by atoms with E-state index in [1.165, 1.54) is 17.7 Å². The summed E-state index contributed by atoms with van der Waals surface area (Å²) in [5, 5.41) is 10.4. The van der Waals surface area contributed by atoms with Crippen molar-refractivity contribution >= 4 is 0 Å². The van der Waals surface area contributed by atoms with Crippen molar-refractivity contribution in [3.63, 3.8) is 0 Å².